The lowest BCUT2D eigenvalue weighted by atomic mass is 10.0. The van der Waals surface area contributed by atoms with Gasteiger partial charge in [-0.2, -0.15) is 0 Å². The first-order chi connectivity index (χ1) is 35.5. The van der Waals surface area contributed by atoms with Gasteiger partial charge >= 0.3 is 5.97 Å². The second-order valence-electron chi connectivity index (χ2n) is 22.1. The number of unbranched alkanes of at least 4 members (excludes halogenated alkanes) is 43. The Hall–Kier alpha value is -1.92. The van der Waals surface area contributed by atoms with Crippen LogP contribution in [0.3, 0.4) is 0 Å². The molecule has 0 radical (unpaired) electrons. The molecule has 424 valence electrons. The molecule has 0 aliphatic heterocycles. The van der Waals surface area contributed by atoms with E-state index in [1.165, 1.54) is 263 Å². The maximum Gasteiger partial charge on any atom is 0.305 e. The van der Waals surface area contributed by atoms with Gasteiger partial charge in [0.1, 0.15) is 0 Å². The molecule has 0 aromatic heterocycles. The Labute approximate surface area is 449 Å². The predicted octanol–water partition coefficient (Wildman–Crippen LogP) is 20.4. The number of esters is 1. The van der Waals surface area contributed by atoms with E-state index in [1.807, 2.05) is 0 Å². The van der Waals surface area contributed by atoms with Crippen LogP contribution in [-0.2, 0) is 14.3 Å². The highest BCUT2D eigenvalue weighted by Gasteiger charge is 2.20. The summed E-state index contributed by atoms with van der Waals surface area (Å²) in [5.74, 6) is -0.0333. The van der Waals surface area contributed by atoms with Crippen LogP contribution in [0.25, 0.3) is 0 Å². The lowest BCUT2D eigenvalue weighted by Crippen LogP contribution is -2.45. The number of aliphatic hydroxyl groups excluding tert-OH is 2. The second kappa shape index (κ2) is 61.6. The fourth-order valence-corrected chi connectivity index (χ4v) is 9.95. The van der Waals surface area contributed by atoms with Crippen molar-refractivity contribution in [1.82, 2.24) is 5.32 Å². The van der Waals surface area contributed by atoms with Crippen LogP contribution in [0.2, 0.25) is 0 Å². The number of ether oxygens (including phenoxy) is 1. The number of aliphatic hydroxyl groups is 2. The van der Waals surface area contributed by atoms with Crippen LogP contribution < -0.4 is 5.32 Å². The standard InChI is InChI=1S/C66H125NO5/c1-3-5-7-9-11-13-15-16-32-35-39-42-46-50-54-58-64(69)63(62-68)67-65(70)59-55-51-47-43-40-36-33-30-28-26-24-22-20-18-17-19-21-23-25-27-29-31-34-37-41-45-49-53-57-61-72-66(71)60-56-52-48-44-38-14-12-10-8-6-4-2/h10,12,17,19,23,25,63-64,68-69H,3-9,11,13-16,18,20-22,24,26-62H2,1-2H3,(H,67,70)/b12-10-,19-17-,25-23-. The Morgan fingerprint density at radius 3 is 1.11 bits per heavy atom. The predicted molar refractivity (Wildman–Crippen MR) is 315 cm³/mol. The number of carbonyl (C=O) groups is 2. The molecule has 6 heteroatoms. The largest absolute Gasteiger partial charge is 0.466 e. The number of carbonyl (C=O) groups excluding carboxylic acids is 2. The van der Waals surface area contributed by atoms with Gasteiger partial charge in [0.2, 0.25) is 5.91 Å². The summed E-state index contributed by atoms with van der Waals surface area (Å²) in [7, 11) is 0. The van der Waals surface area contributed by atoms with Gasteiger partial charge in [-0.05, 0) is 77.0 Å². The summed E-state index contributed by atoms with van der Waals surface area (Å²) in [6.07, 6.45) is 77.4. The Balaban J connectivity index is 3.41. The summed E-state index contributed by atoms with van der Waals surface area (Å²) in [6, 6.07) is -0.542. The third-order valence-electron chi connectivity index (χ3n) is 14.9. The third-order valence-corrected chi connectivity index (χ3v) is 14.9. The van der Waals surface area contributed by atoms with Crippen molar-refractivity contribution in [1.29, 1.82) is 0 Å². The Kier molecular flexibility index (Phi) is 60.0. The zero-order valence-electron chi connectivity index (χ0n) is 48.4. The van der Waals surface area contributed by atoms with E-state index in [9.17, 15) is 19.8 Å². The molecule has 6 nitrogen and oxygen atoms in total. The number of rotatable bonds is 60. The normalized spacial score (nSPS) is 12.8. The number of hydrogen-bond donors (Lipinski definition) is 3. The van der Waals surface area contributed by atoms with E-state index in [1.54, 1.807) is 0 Å². The quantitative estimate of drug-likeness (QED) is 0.0320. The van der Waals surface area contributed by atoms with Crippen molar-refractivity contribution in [3.63, 3.8) is 0 Å². The molecular formula is C66H125NO5. The van der Waals surface area contributed by atoms with Gasteiger partial charge in [-0.25, -0.2) is 0 Å². The molecule has 0 fully saturated rings. The maximum absolute atomic E-state index is 12.5. The van der Waals surface area contributed by atoms with E-state index < -0.39 is 12.1 Å². The van der Waals surface area contributed by atoms with Crippen molar-refractivity contribution in [3.05, 3.63) is 36.5 Å². The Morgan fingerprint density at radius 2 is 0.708 bits per heavy atom. The first kappa shape index (κ1) is 70.1. The molecule has 3 N–H and O–H groups in total. The van der Waals surface area contributed by atoms with E-state index in [-0.39, 0.29) is 18.5 Å². The van der Waals surface area contributed by atoms with Gasteiger partial charge in [0.05, 0.1) is 25.4 Å². The molecule has 0 saturated heterocycles. The van der Waals surface area contributed by atoms with E-state index >= 15 is 0 Å². The molecule has 0 heterocycles. The molecule has 2 atom stereocenters. The molecule has 0 aromatic carbocycles. The molecule has 72 heavy (non-hydrogen) atoms. The smallest absolute Gasteiger partial charge is 0.305 e. The van der Waals surface area contributed by atoms with Crippen molar-refractivity contribution < 1.29 is 24.5 Å². The van der Waals surface area contributed by atoms with Crippen LogP contribution in [0.1, 0.15) is 348 Å². The highest BCUT2D eigenvalue weighted by atomic mass is 16.5. The Bertz CT molecular complexity index is 1170. The van der Waals surface area contributed by atoms with Gasteiger partial charge in [-0.1, -0.05) is 294 Å². The van der Waals surface area contributed by atoms with E-state index in [0.29, 0.717) is 25.9 Å². The van der Waals surface area contributed by atoms with Gasteiger partial charge in [0.15, 0.2) is 0 Å². The zero-order chi connectivity index (χ0) is 52.2. The minimum absolute atomic E-state index is 0.000878. The molecule has 0 aliphatic rings. The van der Waals surface area contributed by atoms with Crippen molar-refractivity contribution in [3.8, 4) is 0 Å². The molecule has 2 unspecified atom stereocenters. The molecule has 0 aliphatic carbocycles. The minimum atomic E-state index is -0.665. The number of nitrogens with one attached hydrogen (secondary N) is 1. The number of allylic oxidation sites excluding steroid dienone is 6. The van der Waals surface area contributed by atoms with E-state index in [0.717, 1.165) is 51.4 Å². The zero-order valence-corrected chi connectivity index (χ0v) is 48.4. The molecular weight excluding hydrogens is 887 g/mol. The average Bonchev–Trinajstić information content (AvgIpc) is 3.38. The van der Waals surface area contributed by atoms with Crippen LogP contribution in [0.15, 0.2) is 36.5 Å². The van der Waals surface area contributed by atoms with Crippen LogP contribution >= 0.6 is 0 Å². The molecule has 0 spiro atoms. The second-order valence-corrected chi connectivity index (χ2v) is 22.1. The lowest BCUT2D eigenvalue weighted by Gasteiger charge is -2.22. The highest BCUT2D eigenvalue weighted by molar-refractivity contribution is 5.76. The first-order valence-corrected chi connectivity index (χ1v) is 32.2. The first-order valence-electron chi connectivity index (χ1n) is 32.2. The molecule has 0 rings (SSSR count). The fourth-order valence-electron chi connectivity index (χ4n) is 9.95. The SMILES string of the molecule is CCCC/C=C\CCCCCCCC(=O)OCCCCCCCCCCC/C=C\C/C=C\CCCCCCCCCCCCCCCC(=O)NC(CO)C(O)CCCCCCCCCCCCCCCCC. The summed E-state index contributed by atoms with van der Waals surface area (Å²) in [5.41, 5.74) is 0. The van der Waals surface area contributed by atoms with Crippen molar-refractivity contribution >= 4 is 11.9 Å². The van der Waals surface area contributed by atoms with E-state index in [2.05, 4.69) is 55.6 Å². The molecule has 0 aromatic rings. The lowest BCUT2D eigenvalue weighted by molar-refractivity contribution is -0.143. The van der Waals surface area contributed by atoms with E-state index in [4.69, 9.17) is 4.74 Å². The highest BCUT2D eigenvalue weighted by Crippen LogP contribution is 2.18. The summed E-state index contributed by atoms with van der Waals surface area (Å²) in [5, 5.41) is 23.3. The minimum Gasteiger partial charge on any atom is -0.466 e. The summed E-state index contributed by atoms with van der Waals surface area (Å²) < 4.78 is 5.46. The summed E-state index contributed by atoms with van der Waals surface area (Å²) in [6.45, 7) is 4.93. The van der Waals surface area contributed by atoms with Crippen molar-refractivity contribution in [2.75, 3.05) is 13.2 Å². The monoisotopic (exact) mass is 1010 g/mol. The topological polar surface area (TPSA) is 95.9 Å². The van der Waals surface area contributed by atoms with Gasteiger partial charge in [0.25, 0.3) is 0 Å². The maximum atomic E-state index is 12.5. The average molecular weight is 1010 g/mol. The fraction of sp³-hybridized carbons (Fsp3) is 0.879. The van der Waals surface area contributed by atoms with Crippen LogP contribution in [0.5, 0.6) is 0 Å². The van der Waals surface area contributed by atoms with Crippen LogP contribution in [-0.4, -0.2) is 47.4 Å². The summed E-state index contributed by atoms with van der Waals surface area (Å²) >= 11 is 0. The number of hydrogen-bond acceptors (Lipinski definition) is 5. The van der Waals surface area contributed by atoms with Gasteiger partial charge in [0, 0.05) is 12.8 Å². The van der Waals surface area contributed by atoms with Gasteiger partial charge < -0.3 is 20.3 Å². The van der Waals surface area contributed by atoms with Crippen molar-refractivity contribution in [2.45, 2.75) is 360 Å². The van der Waals surface area contributed by atoms with Crippen LogP contribution in [0, 0.1) is 0 Å². The van der Waals surface area contributed by atoms with Gasteiger partial charge in [-0.3, -0.25) is 9.59 Å². The Morgan fingerprint density at radius 1 is 0.389 bits per heavy atom. The molecule has 1 amide bonds. The van der Waals surface area contributed by atoms with Crippen molar-refractivity contribution in [2.24, 2.45) is 0 Å². The van der Waals surface area contributed by atoms with Gasteiger partial charge in [-0.15, -0.1) is 0 Å². The van der Waals surface area contributed by atoms with Crippen LogP contribution in [0.4, 0.5) is 0 Å². The molecule has 0 bridgehead atoms. The third kappa shape index (κ3) is 57.4. The summed E-state index contributed by atoms with van der Waals surface area (Å²) in [4.78, 5) is 24.5. The molecule has 0 saturated carbocycles. The number of amides is 1.